The van der Waals surface area contributed by atoms with Gasteiger partial charge in [-0.15, -0.1) is 0 Å². The highest BCUT2D eigenvalue weighted by Crippen LogP contribution is 2.33. The number of nitrogens with zero attached hydrogens (tertiary/aromatic N) is 1. The average molecular weight is 209 g/mol. The molecule has 0 spiro atoms. The van der Waals surface area contributed by atoms with E-state index in [4.69, 9.17) is 5.21 Å². The molecule has 2 aromatic carbocycles. The van der Waals surface area contributed by atoms with E-state index in [-0.39, 0.29) is 0 Å². The summed E-state index contributed by atoms with van der Waals surface area (Å²) >= 11 is 0. The van der Waals surface area contributed by atoms with Crippen LogP contribution >= 0.6 is 0 Å². The molecule has 16 heavy (non-hydrogen) atoms. The maximum Gasteiger partial charge on any atom is 0.0917 e. The normalized spacial score (nSPS) is 15.6. The summed E-state index contributed by atoms with van der Waals surface area (Å²) < 4.78 is 0. The minimum atomic E-state index is 0.698. The lowest BCUT2D eigenvalue weighted by Crippen LogP contribution is -2.13. The molecule has 0 radical (unpaired) electrons. The van der Waals surface area contributed by atoms with Crippen molar-refractivity contribution < 1.29 is 5.21 Å². The van der Waals surface area contributed by atoms with Crippen LogP contribution in [0.15, 0.2) is 53.7 Å². The lowest BCUT2D eigenvalue weighted by atomic mass is 9.84. The maximum atomic E-state index is 9.05. The first-order valence-electron chi connectivity index (χ1n) is 5.29. The molecule has 0 fully saturated rings. The number of benzene rings is 2. The van der Waals surface area contributed by atoms with Crippen molar-refractivity contribution >= 4 is 5.71 Å². The van der Waals surface area contributed by atoms with E-state index >= 15 is 0 Å². The van der Waals surface area contributed by atoms with Gasteiger partial charge in [0.15, 0.2) is 0 Å². The first-order valence-corrected chi connectivity index (χ1v) is 5.29. The molecule has 0 aromatic heterocycles. The van der Waals surface area contributed by atoms with Gasteiger partial charge < -0.3 is 5.21 Å². The second-order valence-electron chi connectivity index (χ2n) is 3.93. The second kappa shape index (κ2) is 3.49. The molecule has 0 heterocycles. The minimum absolute atomic E-state index is 0.698. The fraction of sp³-hybridized carbons (Fsp3) is 0.0714. The molecule has 1 aliphatic rings. The van der Waals surface area contributed by atoms with Crippen LogP contribution in [0.2, 0.25) is 0 Å². The molecular formula is C14H11NO. The van der Waals surface area contributed by atoms with Gasteiger partial charge in [0.1, 0.15) is 0 Å². The van der Waals surface area contributed by atoms with Gasteiger partial charge >= 0.3 is 0 Å². The van der Waals surface area contributed by atoms with E-state index in [9.17, 15) is 0 Å². The summed E-state index contributed by atoms with van der Waals surface area (Å²) in [5, 5.41) is 12.5. The molecular weight excluding hydrogens is 198 g/mol. The molecule has 0 aliphatic heterocycles. The highest BCUT2D eigenvalue weighted by atomic mass is 16.4. The van der Waals surface area contributed by atoms with Crippen molar-refractivity contribution in [2.75, 3.05) is 0 Å². The van der Waals surface area contributed by atoms with Crippen LogP contribution in [0.4, 0.5) is 0 Å². The molecule has 1 N–H and O–H groups in total. The lowest BCUT2D eigenvalue weighted by Gasteiger charge is -2.20. The smallest absolute Gasteiger partial charge is 0.0917 e. The summed E-state index contributed by atoms with van der Waals surface area (Å²) in [5.74, 6) is 0. The summed E-state index contributed by atoms with van der Waals surface area (Å²) in [4.78, 5) is 0. The first kappa shape index (κ1) is 9.16. The first-order chi connectivity index (χ1) is 7.90. The Morgan fingerprint density at radius 2 is 1.44 bits per heavy atom. The number of hydrogen-bond acceptors (Lipinski definition) is 2. The number of fused-ring (bicyclic) bond motifs is 3. The van der Waals surface area contributed by atoms with Crippen molar-refractivity contribution in [2.24, 2.45) is 5.16 Å². The van der Waals surface area contributed by atoms with Crippen molar-refractivity contribution in [1.29, 1.82) is 0 Å². The third-order valence-corrected chi connectivity index (χ3v) is 3.02. The molecule has 0 saturated carbocycles. The van der Waals surface area contributed by atoms with E-state index in [0.717, 1.165) is 16.8 Å². The average Bonchev–Trinajstić information content (AvgIpc) is 2.38. The standard InChI is InChI=1S/C14H11NO/c16-15-14-9-10-5-1-2-6-11(10)12-7-3-4-8-13(12)14/h1-8,16H,9H2/b15-14-. The van der Waals surface area contributed by atoms with Crippen molar-refractivity contribution in [2.45, 2.75) is 6.42 Å². The fourth-order valence-corrected chi connectivity index (χ4v) is 2.27. The summed E-state index contributed by atoms with van der Waals surface area (Å²) in [6.45, 7) is 0. The van der Waals surface area contributed by atoms with Crippen molar-refractivity contribution in [3.63, 3.8) is 0 Å². The zero-order valence-corrected chi connectivity index (χ0v) is 8.72. The summed E-state index contributed by atoms with van der Waals surface area (Å²) in [6.07, 6.45) is 0.698. The third-order valence-electron chi connectivity index (χ3n) is 3.02. The van der Waals surface area contributed by atoms with E-state index in [0.29, 0.717) is 6.42 Å². The van der Waals surface area contributed by atoms with Gasteiger partial charge in [0.2, 0.25) is 0 Å². The Labute approximate surface area is 93.9 Å². The predicted molar refractivity (Wildman–Crippen MR) is 63.9 cm³/mol. The number of rotatable bonds is 0. The molecule has 2 aromatic rings. The molecule has 78 valence electrons. The Hall–Kier alpha value is -2.09. The van der Waals surface area contributed by atoms with Crippen LogP contribution in [0.25, 0.3) is 11.1 Å². The Morgan fingerprint density at radius 1 is 0.812 bits per heavy atom. The van der Waals surface area contributed by atoms with E-state index in [2.05, 4.69) is 23.4 Å². The van der Waals surface area contributed by atoms with Gasteiger partial charge in [-0.2, -0.15) is 0 Å². The molecule has 0 bridgehead atoms. The topological polar surface area (TPSA) is 32.6 Å². The molecule has 2 nitrogen and oxygen atoms in total. The van der Waals surface area contributed by atoms with Gasteiger partial charge in [-0.3, -0.25) is 0 Å². The predicted octanol–water partition coefficient (Wildman–Crippen LogP) is 3.09. The van der Waals surface area contributed by atoms with E-state index < -0.39 is 0 Å². The SMILES string of the molecule is O/N=C1/Cc2ccccc2-c2ccccc21. The molecule has 0 saturated heterocycles. The van der Waals surface area contributed by atoms with Crippen LogP contribution < -0.4 is 0 Å². The summed E-state index contributed by atoms with van der Waals surface area (Å²) in [6, 6.07) is 16.3. The Kier molecular flexibility index (Phi) is 2.00. The minimum Gasteiger partial charge on any atom is -0.411 e. The quantitative estimate of drug-likeness (QED) is 0.525. The fourth-order valence-electron chi connectivity index (χ4n) is 2.27. The summed E-state index contributed by atoms with van der Waals surface area (Å²) in [5.41, 5.74) is 5.38. The highest BCUT2D eigenvalue weighted by Gasteiger charge is 2.20. The molecule has 1 aliphatic carbocycles. The Bertz CT molecular complexity index is 572. The maximum absolute atomic E-state index is 9.05. The van der Waals surface area contributed by atoms with Crippen molar-refractivity contribution in [1.82, 2.24) is 0 Å². The number of hydrogen-bond donors (Lipinski definition) is 1. The van der Waals surface area contributed by atoms with Gasteiger partial charge in [0, 0.05) is 12.0 Å². The number of oxime groups is 1. The highest BCUT2D eigenvalue weighted by molar-refractivity contribution is 6.10. The summed E-state index contributed by atoms with van der Waals surface area (Å²) in [7, 11) is 0. The van der Waals surface area contributed by atoms with Gasteiger partial charge in [-0.1, -0.05) is 53.7 Å². The molecule has 3 rings (SSSR count). The second-order valence-corrected chi connectivity index (χ2v) is 3.93. The van der Waals surface area contributed by atoms with Crippen molar-refractivity contribution in [3.05, 3.63) is 59.7 Å². The third kappa shape index (κ3) is 1.23. The molecule has 0 unspecified atom stereocenters. The molecule has 0 atom stereocenters. The largest absolute Gasteiger partial charge is 0.411 e. The molecule has 2 heteroatoms. The van der Waals surface area contributed by atoms with Gasteiger partial charge in [-0.25, -0.2) is 0 Å². The van der Waals surface area contributed by atoms with Crippen LogP contribution in [0.1, 0.15) is 11.1 Å². The molecule has 0 amide bonds. The lowest BCUT2D eigenvalue weighted by molar-refractivity contribution is 0.318. The monoisotopic (exact) mass is 209 g/mol. The zero-order chi connectivity index (χ0) is 11.0. The van der Waals surface area contributed by atoms with Crippen LogP contribution in [0.5, 0.6) is 0 Å². The zero-order valence-electron chi connectivity index (χ0n) is 8.72. The van der Waals surface area contributed by atoms with Crippen LogP contribution in [0, 0.1) is 0 Å². The van der Waals surface area contributed by atoms with E-state index in [1.165, 1.54) is 11.1 Å². The van der Waals surface area contributed by atoms with Crippen molar-refractivity contribution in [3.8, 4) is 11.1 Å². The van der Waals surface area contributed by atoms with Gasteiger partial charge in [-0.05, 0) is 16.7 Å². The van der Waals surface area contributed by atoms with E-state index in [1.807, 2.05) is 30.3 Å². The van der Waals surface area contributed by atoms with Crippen LogP contribution in [0.3, 0.4) is 0 Å². The van der Waals surface area contributed by atoms with Crippen LogP contribution in [-0.4, -0.2) is 10.9 Å². The Morgan fingerprint density at radius 3 is 2.19 bits per heavy atom. The Balaban J connectivity index is 2.33. The van der Waals surface area contributed by atoms with Gasteiger partial charge in [0.05, 0.1) is 5.71 Å². The van der Waals surface area contributed by atoms with Gasteiger partial charge in [0.25, 0.3) is 0 Å². The van der Waals surface area contributed by atoms with Crippen LogP contribution in [-0.2, 0) is 6.42 Å². The van der Waals surface area contributed by atoms with E-state index in [1.54, 1.807) is 0 Å².